The third kappa shape index (κ3) is 4.13. The fourth-order valence-electron chi connectivity index (χ4n) is 1.63. The molecular weight excluding hydrogens is 250 g/mol. The molecule has 18 heavy (non-hydrogen) atoms. The van der Waals surface area contributed by atoms with Gasteiger partial charge in [-0.15, -0.1) is 0 Å². The van der Waals surface area contributed by atoms with Crippen LogP contribution in [0.5, 0.6) is 0 Å². The maximum Gasteiger partial charge on any atom is 0.264 e. The van der Waals surface area contributed by atoms with Crippen LogP contribution in [-0.4, -0.2) is 14.7 Å². The first kappa shape index (κ1) is 14.7. The Balaban J connectivity index is 3.06. The molecule has 0 amide bonds. The molecule has 1 aromatic rings. The van der Waals surface area contributed by atoms with Gasteiger partial charge >= 0.3 is 0 Å². The molecule has 0 saturated heterocycles. The van der Waals surface area contributed by atoms with Gasteiger partial charge in [0.2, 0.25) is 0 Å². The van der Waals surface area contributed by atoms with Crippen molar-refractivity contribution in [1.29, 1.82) is 5.26 Å². The predicted octanol–water partition coefficient (Wildman–Crippen LogP) is 2.62. The molecule has 2 atom stereocenters. The molecule has 0 aliphatic rings. The van der Waals surface area contributed by atoms with E-state index in [1.807, 2.05) is 19.9 Å². The van der Waals surface area contributed by atoms with E-state index in [4.69, 9.17) is 9.44 Å². The molecule has 98 valence electrons. The zero-order chi connectivity index (χ0) is 13.8. The zero-order valence-electron chi connectivity index (χ0n) is 10.8. The van der Waals surface area contributed by atoms with Gasteiger partial charge in [0.1, 0.15) is 6.10 Å². The SMILES string of the molecule is CC[C@H](C)[C@@H](OS(C)(=O)=O)c1ccc(C#N)cc1. The van der Waals surface area contributed by atoms with Crippen molar-refractivity contribution in [2.45, 2.75) is 26.4 Å². The number of rotatable bonds is 5. The molecule has 0 aromatic heterocycles. The van der Waals surface area contributed by atoms with Crippen molar-refractivity contribution in [3.8, 4) is 6.07 Å². The lowest BCUT2D eigenvalue weighted by Gasteiger charge is -2.22. The molecule has 1 aromatic carbocycles. The molecule has 0 radical (unpaired) electrons. The summed E-state index contributed by atoms with van der Waals surface area (Å²) in [6.07, 6.45) is 1.35. The van der Waals surface area contributed by atoms with Crippen molar-refractivity contribution in [3.05, 3.63) is 35.4 Å². The smallest absolute Gasteiger partial charge is 0.262 e. The molecule has 0 heterocycles. The van der Waals surface area contributed by atoms with E-state index in [2.05, 4.69) is 0 Å². The molecule has 4 nitrogen and oxygen atoms in total. The quantitative estimate of drug-likeness (QED) is 0.769. The van der Waals surface area contributed by atoms with Crippen LogP contribution in [0.15, 0.2) is 24.3 Å². The van der Waals surface area contributed by atoms with Crippen LogP contribution in [0, 0.1) is 17.2 Å². The van der Waals surface area contributed by atoms with Crippen LogP contribution >= 0.6 is 0 Å². The first-order valence-electron chi connectivity index (χ1n) is 5.75. The van der Waals surface area contributed by atoms with Crippen molar-refractivity contribution in [2.24, 2.45) is 5.92 Å². The fourth-order valence-corrected chi connectivity index (χ4v) is 2.31. The summed E-state index contributed by atoms with van der Waals surface area (Å²) in [5.41, 5.74) is 1.31. The normalized spacial score (nSPS) is 14.8. The minimum absolute atomic E-state index is 0.0765. The Labute approximate surface area is 108 Å². The van der Waals surface area contributed by atoms with Crippen molar-refractivity contribution in [1.82, 2.24) is 0 Å². The van der Waals surface area contributed by atoms with Gasteiger partial charge in [-0.25, -0.2) is 0 Å². The molecule has 0 aliphatic heterocycles. The highest BCUT2D eigenvalue weighted by Gasteiger charge is 2.23. The predicted molar refractivity (Wildman–Crippen MR) is 69.3 cm³/mol. The summed E-state index contributed by atoms with van der Waals surface area (Å²) in [6, 6.07) is 8.82. The molecule has 0 unspecified atom stereocenters. The van der Waals surface area contributed by atoms with Crippen LogP contribution in [-0.2, 0) is 14.3 Å². The monoisotopic (exact) mass is 267 g/mol. The minimum Gasteiger partial charge on any atom is -0.262 e. The van der Waals surface area contributed by atoms with E-state index in [1.165, 1.54) is 0 Å². The Morgan fingerprint density at radius 3 is 2.28 bits per heavy atom. The van der Waals surface area contributed by atoms with E-state index in [0.717, 1.165) is 18.2 Å². The lowest BCUT2D eigenvalue weighted by atomic mass is 9.95. The topological polar surface area (TPSA) is 67.2 Å². The van der Waals surface area contributed by atoms with Crippen molar-refractivity contribution < 1.29 is 12.6 Å². The van der Waals surface area contributed by atoms with E-state index < -0.39 is 16.2 Å². The largest absolute Gasteiger partial charge is 0.264 e. The van der Waals surface area contributed by atoms with E-state index in [9.17, 15) is 8.42 Å². The van der Waals surface area contributed by atoms with Gasteiger partial charge in [0.15, 0.2) is 0 Å². The Bertz CT molecular complexity index is 528. The maximum atomic E-state index is 11.3. The van der Waals surface area contributed by atoms with E-state index in [-0.39, 0.29) is 5.92 Å². The number of hydrogen-bond acceptors (Lipinski definition) is 4. The highest BCUT2D eigenvalue weighted by Crippen LogP contribution is 2.29. The van der Waals surface area contributed by atoms with Gasteiger partial charge in [-0.3, -0.25) is 4.18 Å². The second-order valence-electron chi connectivity index (χ2n) is 4.34. The summed E-state index contributed by atoms with van der Waals surface area (Å²) in [7, 11) is -3.51. The Morgan fingerprint density at radius 1 is 1.33 bits per heavy atom. The molecular formula is C13H17NO3S. The van der Waals surface area contributed by atoms with Gasteiger partial charge < -0.3 is 0 Å². The summed E-state index contributed by atoms with van der Waals surface area (Å²) >= 11 is 0. The third-order valence-electron chi connectivity index (χ3n) is 2.81. The summed E-state index contributed by atoms with van der Waals surface area (Å²) in [5, 5.41) is 8.73. The van der Waals surface area contributed by atoms with Gasteiger partial charge in [-0.05, 0) is 23.6 Å². The van der Waals surface area contributed by atoms with E-state index in [1.54, 1.807) is 24.3 Å². The number of hydrogen-bond donors (Lipinski definition) is 0. The van der Waals surface area contributed by atoms with Gasteiger partial charge in [-0.2, -0.15) is 13.7 Å². The third-order valence-corrected chi connectivity index (χ3v) is 3.36. The highest BCUT2D eigenvalue weighted by molar-refractivity contribution is 7.86. The van der Waals surface area contributed by atoms with E-state index in [0.29, 0.717) is 5.56 Å². The number of benzene rings is 1. The summed E-state index contributed by atoms with van der Waals surface area (Å²) < 4.78 is 27.7. The highest BCUT2D eigenvalue weighted by atomic mass is 32.2. The van der Waals surface area contributed by atoms with Crippen LogP contribution in [0.25, 0.3) is 0 Å². The maximum absolute atomic E-state index is 11.3. The number of nitriles is 1. The van der Waals surface area contributed by atoms with E-state index >= 15 is 0 Å². The van der Waals surface area contributed by atoms with Crippen molar-refractivity contribution in [3.63, 3.8) is 0 Å². The lowest BCUT2D eigenvalue weighted by Crippen LogP contribution is -2.17. The average Bonchev–Trinajstić information content (AvgIpc) is 2.34. The second kappa shape index (κ2) is 5.98. The van der Waals surface area contributed by atoms with Crippen LogP contribution < -0.4 is 0 Å². The molecule has 5 heteroatoms. The fraction of sp³-hybridized carbons (Fsp3) is 0.462. The number of nitrogens with zero attached hydrogens (tertiary/aromatic N) is 1. The standard InChI is InChI=1S/C13H17NO3S/c1-4-10(2)13(17-18(3,15)16)12-7-5-11(9-14)6-8-12/h5-8,10,13H,4H2,1-3H3/t10-,13+/m0/s1. The van der Waals surface area contributed by atoms with Gasteiger partial charge in [0.05, 0.1) is 17.9 Å². The summed E-state index contributed by atoms with van der Waals surface area (Å²) in [6.45, 7) is 3.92. The van der Waals surface area contributed by atoms with Crippen LogP contribution in [0.3, 0.4) is 0 Å². The molecule has 0 aliphatic carbocycles. The van der Waals surface area contributed by atoms with Crippen molar-refractivity contribution in [2.75, 3.05) is 6.26 Å². The van der Waals surface area contributed by atoms with Gasteiger partial charge in [0, 0.05) is 0 Å². The molecule has 0 saturated carbocycles. The van der Waals surface area contributed by atoms with Gasteiger partial charge in [0.25, 0.3) is 10.1 Å². The first-order chi connectivity index (χ1) is 8.37. The zero-order valence-corrected chi connectivity index (χ0v) is 11.6. The minimum atomic E-state index is -3.51. The molecule has 1 rings (SSSR count). The Kier molecular flexibility index (Phi) is 4.88. The molecule has 0 N–H and O–H groups in total. The van der Waals surface area contributed by atoms with Crippen LogP contribution in [0.4, 0.5) is 0 Å². The van der Waals surface area contributed by atoms with Gasteiger partial charge in [-0.1, -0.05) is 32.4 Å². The Hall–Kier alpha value is -1.38. The van der Waals surface area contributed by atoms with Crippen LogP contribution in [0.2, 0.25) is 0 Å². The first-order valence-corrected chi connectivity index (χ1v) is 7.57. The van der Waals surface area contributed by atoms with Crippen LogP contribution in [0.1, 0.15) is 37.5 Å². The van der Waals surface area contributed by atoms with Crippen molar-refractivity contribution >= 4 is 10.1 Å². The second-order valence-corrected chi connectivity index (χ2v) is 5.94. The summed E-state index contributed by atoms with van der Waals surface area (Å²) in [5.74, 6) is 0.0765. The molecule has 0 bridgehead atoms. The molecule has 0 spiro atoms. The molecule has 0 fully saturated rings. The summed E-state index contributed by atoms with van der Waals surface area (Å²) in [4.78, 5) is 0. The lowest BCUT2D eigenvalue weighted by molar-refractivity contribution is 0.151. The average molecular weight is 267 g/mol. The Morgan fingerprint density at radius 2 is 1.89 bits per heavy atom.